The van der Waals surface area contributed by atoms with Crippen molar-refractivity contribution in [3.8, 4) is 5.75 Å². The van der Waals surface area contributed by atoms with Gasteiger partial charge in [0.25, 0.3) is 0 Å². The maximum absolute atomic E-state index is 14.6. The number of aryl methyl sites for hydroxylation is 1. The summed E-state index contributed by atoms with van der Waals surface area (Å²) in [4.78, 5) is 28.8. The van der Waals surface area contributed by atoms with Crippen molar-refractivity contribution in [2.24, 2.45) is 0 Å². The van der Waals surface area contributed by atoms with Crippen molar-refractivity contribution >= 4 is 33.3 Å². The number of halogens is 1. The maximum Gasteiger partial charge on any atom is 0.246 e. The summed E-state index contributed by atoms with van der Waals surface area (Å²) in [6.07, 6.45) is 3.90. The SMILES string of the molecule is COc1ccc(C)cc1S(=O)(=O)C12CN(C3CCCC3)C(=O)C(Cc3ccc(Cl)cc3)N1C(=O)CCN2. The normalized spacial score (nSPS) is 24.9. The van der Waals surface area contributed by atoms with E-state index in [-0.39, 0.29) is 54.4 Å². The molecule has 0 radical (unpaired) electrons. The first kappa shape index (κ1) is 26.0. The van der Waals surface area contributed by atoms with E-state index in [9.17, 15) is 18.0 Å². The van der Waals surface area contributed by atoms with Crippen LogP contribution in [0.25, 0.3) is 0 Å². The zero-order chi connectivity index (χ0) is 26.4. The van der Waals surface area contributed by atoms with Crippen molar-refractivity contribution in [2.75, 3.05) is 20.2 Å². The number of amides is 2. The molecule has 8 nitrogen and oxygen atoms in total. The van der Waals surface area contributed by atoms with Crippen molar-refractivity contribution < 1.29 is 22.7 Å². The van der Waals surface area contributed by atoms with E-state index < -0.39 is 20.9 Å². The van der Waals surface area contributed by atoms with E-state index in [4.69, 9.17) is 16.3 Å². The molecule has 3 aliphatic rings. The first-order chi connectivity index (χ1) is 17.7. The summed E-state index contributed by atoms with van der Waals surface area (Å²) < 4.78 is 34.7. The Bertz CT molecular complexity index is 1310. The summed E-state index contributed by atoms with van der Waals surface area (Å²) in [6.45, 7) is 1.88. The lowest BCUT2D eigenvalue weighted by Gasteiger charge is -2.56. The molecule has 0 aromatic heterocycles. The van der Waals surface area contributed by atoms with Gasteiger partial charge in [-0.2, -0.15) is 0 Å². The molecule has 2 aromatic carbocycles. The minimum Gasteiger partial charge on any atom is -0.495 e. The van der Waals surface area contributed by atoms with Gasteiger partial charge < -0.3 is 9.64 Å². The highest BCUT2D eigenvalue weighted by atomic mass is 35.5. The molecule has 0 spiro atoms. The van der Waals surface area contributed by atoms with Crippen LogP contribution in [-0.2, 0) is 25.8 Å². The van der Waals surface area contributed by atoms with E-state index in [0.717, 1.165) is 36.8 Å². The molecule has 2 saturated heterocycles. The van der Waals surface area contributed by atoms with Gasteiger partial charge in [0.2, 0.25) is 26.6 Å². The van der Waals surface area contributed by atoms with Gasteiger partial charge in [-0.3, -0.25) is 19.8 Å². The van der Waals surface area contributed by atoms with Crippen molar-refractivity contribution in [2.45, 2.75) is 67.4 Å². The number of nitrogens with zero attached hydrogens (tertiary/aromatic N) is 2. The van der Waals surface area contributed by atoms with Gasteiger partial charge in [-0.1, -0.05) is 42.6 Å². The molecule has 0 bridgehead atoms. The second-order valence-electron chi connectivity index (χ2n) is 10.1. The number of fused-ring (bicyclic) bond motifs is 1. The second kappa shape index (κ2) is 9.93. The molecule has 2 aliphatic heterocycles. The quantitative estimate of drug-likeness (QED) is 0.598. The monoisotopic (exact) mass is 545 g/mol. The fraction of sp³-hybridized carbons (Fsp3) is 0.481. The van der Waals surface area contributed by atoms with Crippen molar-refractivity contribution in [3.63, 3.8) is 0 Å². The highest BCUT2D eigenvalue weighted by molar-refractivity contribution is 7.93. The summed E-state index contributed by atoms with van der Waals surface area (Å²) in [6, 6.07) is 11.0. The Balaban J connectivity index is 1.68. The van der Waals surface area contributed by atoms with E-state index in [0.29, 0.717) is 5.02 Å². The summed E-state index contributed by atoms with van der Waals surface area (Å²) >= 11 is 6.08. The summed E-state index contributed by atoms with van der Waals surface area (Å²) in [5.41, 5.74) is 1.55. The molecule has 2 aromatic rings. The number of rotatable bonds is 6. The first-order valence-electron chi connectivity index (χ1n) is 12.7. The molecule has 1 saturated carbocycles. The van der Waals surface area contributed by atoms with Crippen LogP contribution in [0.4, 0.5) is 0 Å². The highest BCUT2D eigenvalue weighted by Crippen LogP contribution is 2.42. The largest absolute Gasteiger partial charge is 0.495 e. The average molecular weight is 546 g/mol. The van der Waals surface area contributed by atoms with Gasteiger partial charge in [0.15, 0.2) is 0 Å². The van der Waals surface area contributed by atoms with Crippen LogP contribution in [0.15, 0.2) is 47.4 Å². The number of carbonyl (C=O) groups excluding carboxylic acids is 2. The van der Waals surface area contributed by atoms with Crippen LogP contribution in [0.2, 0.25) is 5.02 Å². The zero-order valence-electron chi connectivity index (χ0n) is 21.1. The predicted octanol–water partition coefficient (Wildman–Crippen LogP) is 3.30. The molecule has 2 atom stereocenters. The van der Waals surface area contributed by atoms with Gasteiger partial charge in [-0.05, 0) is 55.2 Å². The fourth-order valence-corrected chi connectivity index (χ4v) is 8.31. The lowest BCUT2D eigenvalue weighted by atomic mass is 9.96. The van der Waals surface area contributed by atoms with E-state index in [1.165, 1.54) is 12.0 Å². The number of sulfone groups is 1. The van der Waals surface area contributed by atoms with Crippen molar-refractivity contribution in [1.82, 2.24) is 15.1 Å². The third-order valence-corrected chi connectivity index (χ3v) is 10.3. The molecule has 2 unspecified atom stereocenters. The van der Waals surface area contributed by atoms with Gasteiger partial charge in [0.1, 0.15) is 16.7 Å². The lowest BCUT2D eigenvalue weighted by molar-refractivity contribution is -0.165. The fourth-order valence-electron chi connectivity index (χ4n) is 5.97. The van der Waals surface area contributed by atoms with Crippen molar-refractivity contribution in [3.05, 3.63) is 58.6 Å². The minimum atomic E-state index is -4.25. The topological polar surface area (TPSA) is 96.0 Å². The number of piperazine rings is 1. The number of hydrogen-bond donors (Lipinski definition) is 1. The number of ether oxygens (including phenoxy) is 1. The number of benzene rings is 2. The van der Waals surface area contributed by atoms with Crippen LogP contribution in [0.5, 0.6) is 5.75 Å². The molecule has 10 heteroatoms. The molecule has 5 rings (SSSR count). The number of nitrogens with one attached hydrogen (secondary N) is 1. The van der Waals surface area contributed by atoms with Crippen LogP contribution in [0.3, 0.4) is 0 Å². The number of methoxy groups -OCH3 is 1. The average Bonchev–Trinajstić information content (AvgIpc) is 3.41. The number of hydrogen-bond acceptors (Lipinski definition) is 6. The van der Waals surface area contributed by atoms with Gasteiger partial charge >= 0.3 is 0 Å². The van der Waals surface area contributed by atoms with E-state index in [1.54, 1.807) is 35.2 Å². The molecule has 1 aliphatic carbocycles. The number of carbonyl (C=O) groups is 2. The highest BCUT2D eigenvalue weighted by Gasteiger charge is 2.62. The van der Waals surface area contributed by atoms with Gasteiger partial charge in [0.05, 0.1) is 13.7 Å². The molecule has 2 amide bonds. The predicted molar refractivity (Wildman–Crippen MR) is 140 cm³/mol. The Morgan fingerprint density at radius 1 is 1.11 bits per heavy atom. The summed E-state index contributed by atoms with van der Waals surface area (Å²) in [5.74, 6) is -0.355. The molecule has 198 valence electrons. The molecular formula is C27H32ClN3O5S. The Morgan fingerprint density at radius 3 is 2.49 bits per heavy atom. The van der Waals surface area contributed by atoms with Gasteiger partial charge in [0, 0.05) is 30.5 Å². The van der Waals surface area contributed by atoms with Crippen LogP contribution in [0.1, 0.15) is 43.2 Å². The third kappa shape index (κ3) is 4.41. The minimum absolute atomic E-state index is 0.00756. The van der Waals surface area contributed by atoms with E-state index >= 15 is 0 Å². The second-order valence-corrected chi connectivity index (χ2v) is 12.7. The summed E-state index contributed by atoms with van der Waals surface area (Å²) in [5, 5.41) is 3.78. The van der Waals surface area contributed by atoms with Crippen LogP contribution >= 0.6 is 11.6 Å². The molecular weight excluding hydrogens is 514 g/mol. The zero-order valence-corrected chi connectivity index (χ0v) is 22.6. The van der Waals surface area contributed by atoms with Crippen LogP contribution in [-0.4, -0.2) is 67.3 Å². The smallest absolute Gasteiger partial charge is 0.246 e. The molecule has 37 heavy (non-hydrogen) atoms. The van der Waals surface area contributed by atoms with Crippen molar-refractivity contribution in [1.29, 1.82) is 0 Å². The van der Waals surface area contributed by atoms with E-state index in [1.807, 2.05) is 19.1 Å². The van der Waals surface area contributed by atoms with Crippen LogP contribution < -0.4 is 10.1 Å². The lowest BCUT2D eigenvalue weighted by Crippen LogP contribution is -2.80. The van der Waals surface area contributed by atoms with E-state index in [2.05, 4.69) is 5.32 Å². The Morgan fingerprint density at radius 2 is 1.81 bits per heavy atom. The Labute approximate surface area is 222 Å². The third-order valence-electron chi connectivity index (χ3n) is 7.82. The first-order valence-corrected chi connectivity index (χ1v) is 14.6. The Hall–Kier alpha value is -2.62. The Kier molecular flexibility index (Phi) is 6.98. The molecule has 2 heterocycles. The van der Waals surface area contributed by atoms with Gasteiger partial charge in [-0.25, -0.2) is 8.42 Å². The maximum atomic E-state index is 14.6. The molecule has 1 N–H and O–H groups in total. The standard InChI is InChI=1S/C27H32ClN3O5S/c1-18-7-12-23(36-2)24(15-18)37(34,35)27-17-30(21-5-3-4-6-21)26(33)22(31(27)25(32)13-14-29-27)16-19-8-10-20(28)11-9-19/h7-12,15,21-22,29H,3-6,13-14,16-17H2,1-2H3. The molecule has 3 fully saturated rings. The van der Waals surface area contributed by atoms with Crippen LogP contribution in [0, 0.1) is 6.92 Å². The summed E-state index contributed by atoms with van der Waals surface area (Å²) in [7, 11) is -2.82. The van der Waals surface area contributed by atoms with Gasteiger partial charge in [-0.15, -0.1) is 0 Å².